The van der Waals surface area contributed by atoms with Crippen LogP contribution >= 0.6 is 0 Å². The Bertz CT molecular complexity index is 432. The number of hydrogen-bond donors (Lipinski definition) is 0. The van der Waals surface area contributed by atoms with Crippen molar-refractivity contribution in [1.29, 1.82) is 0 Å². The fraction of sp³-hybridized carbons (Fsp3) is 1.00. The maximum atomic E-state index is 2.59. The normalized spacial score (nSPS) is 15.5. The van der Waals surface area contributed by atoms with Gasteiger partial charge in [-0.05, 0) is 53.5 Å². The van der Waals surface area contributed by atoms with E-state index < -0.39 is 0 Å². The minimum atomic E-state index is 0.595. The van der Waals surface area contributed by atoms with Crippen molar-refractivity contribution in [2.75, 3.05) is 0 Å². The number of hydrogen-bond acceptors (Lipinski definition) is 0. The van der Waals surface area contributed by atoms with E-state index in [4.69, 9.17) is 0 Å². The molecule has 0 radical (unpaired) electrons. The van der Waals surface area contributed by atoms with Crippen LogP contribution in [0.15, 0.2) is 0 Å². The molecule has 2 atom stereocenters. The molecule has 0 saturated carbocycles. The fourth-order valence-electron chi connectivity index (χ4n) is 7.53. The molecule has 0 rings (SSSR count). The lowest BCUT2D eigenvalue weighted by molar-refractivity contribution is -1.00. The predicted molar refractivity (Wildman–Crippen MR) is 162 cm³/mol. The molecule has 1 nitrogen and oxygen atoms in total. The Labute approximate surface area is 221 Å². The van der Waals surface area contributed by atoms with Gasteiger partial charge in [0.05, 0.1) is 24.2 Å². The third kappa shape index (κ3) is 13.5. The molecule has 0 bridgehead atoms. The summed E-state index contributed by atoms with van der Waals surface area (Å²) in [6, 6.07) is 2.85. The van der Waals surface area contributed by atoms with Crippen LogP contribution in [-0.2, 0) is 0 Å². The SMILES string of the molecule is CCCCCCCCCCCCCCCCCCC(C)([SiH3])CC(C)[N+](C(C)C)(C(C)C)C(C)C. The van der Waals surface area contributed by atoms with E-state index in [-0.39, 0.29) is 0 Å². The van der Waals surface area contributed by atoms with Crippen LogP contribution < -0.4 is 0 Å². The zero-order chi connectivity index (χ0) is 26.0. The number of unbranched alkanes of at least 4 members (excludes halogenated alkanes) is 15. The van der Waals surface area contributed by atoms with Gasteiger partial charge >= 0.3 is 0 Å². The number of rotatable bonds is 23. The van der Waals surface area contributed by atoms with Gasteiger partial charge in [-0.3, -0.25) is 0 Å². The van der Waals surface area contributed by atoms with E-state index in [0.29, 0.717) is 23.2 Å². The van der Waals surface area contributed by atoms with Crippen LogP contribution in [0.2, 0.25) is 5.04 Å². The van der Waals surface area contributed by atoms with Crippen LogP contribution in [-0.4, -0.2) is 38.9 Å². The summed E-state index contributed by atoms with van der Waals surface area (Å²) in [5.41, 5.74) is 0. The van der Waals surface area contributed by atoms with Crippen molar-refractivity contribution in [2.45, 2.75) is 207 Å². The molecule has 206 valence electrons. The van der Waals surface area contributed by atoms with Crippen molar-refractivity contribution in [3.8, 4) is 0 Å². The molecule has 0 N–H and O–H groups in total. The Kier molecular flexibility index (Phi) is 19.4. The first-order valence-electron chi connectivity index (χ1n) is 15.9. The van der Waals surface area contributed by atoms with E-state index in [1.54, 1.807) is 0 Å². The third-order valence-corrected chi connectivity index (χ3v) is 9.91. The molecule has 0 aromatic carbocycles. The van der Waals surface area contributed by atoms with Crippen molar-refractivity contribution >= 4 is 10.2 Å². The zero-order valence-corrected chi connectivity index (χ0v) is 28.0. The Balaban J connectivity index is 3.92. The van der Waals surface area contributed by atoms with E-state index in [1.807, 2.05) is 0 Å². The van der Waals surface area contributed by atoms with Crippen molar-refractivity contribution in [3.63, 3.8) is 0 Å². The second-order valence-electron chi connectivity index (χ2n) is 13.4. The van der Waals surface area contributed by atoms with Crippen molar-refractivity contribution < 1.29 is 4.48 Å². The summed E-state index contributed by atoms with van der Waals surface area (Å²) in [7, 11) is 1.33. The maximum absolute atomic E-state index is 2.59. The first-order chi connectivity index (χ1) is 16.0. The summed E-state index contributed by atoms with van der Waals surface area (Å²) in [6.07, 6.45) is 26.3. The highest BCUT2D eigenvalue weighted by Gasteiger charge is 2.44. The van der Waals surface area contributed by atoms with Crippen molar-refractivity contribution in [3.05, 3.63) is 0 Å². The monoisotopic (exact) mass is 497 g/mol. The second-order valence-corrected chi connectivity index (χ2v) is 15.9. The van der Waals surface area contributed by atoms with Crippen LogP contribution in [0, 0.1) is 0 Å². The molecule has 0 saturated heterocycles. The molecular formula is C32H70NSi+. The summed E-state index contributed by atoms with van der Waals surface area (Å²) in [5, 5.41) is 0.595. The summed E-state index contributed by atoms with van der Waals surface area (Å²) in [5.74, 6) is 0. The average molecular weight is 497 g/mol. The average Bonchev–Trinajstić information content (AvgIpc) is 2.72. The summed E-state index contributed by atoms with van der Waals surface area (Å²) in [4.78, 5) is 0. The Morgan fingerprint density at radius 2 is 0.824 bits per heavy atom. The van der Waals surface area contributed by atoms with Gasteiger partial charge in [-0.1, -0.05) is 123 Å². The Morgan fingerprint density at radius 3 is 1.12 bits per heavy atom. The fourth-order valence-corrected chi connectivity index (χ4v) is 8.47. The lowest BCUT2D eigenvalue weighted by Crippen LogP contribution is -2.66. The molecule has 0 aliphatic carbocycles. The van der Waals surface area contributed by atoms with Gasteiger partial charge in [-0.25, -0.2) is 0 Å². The van der Waals surface area contributed by atoms with E-state index >= 15 is 0 Å². The largest absolute Gasteiger partial charge is 0.316 e. The lowest BCUT2D eigenvalue weighted by Gasteiger charge is -2.55. The van der Waals surface area contributed by atoms with Gasteiger partial charge in [0.15, 0.2) is 0 Å². The molecule has 0 aliphatic heterocycles. The molecule has 0 aliphatic rings. The molecule has 0 amide bonds. The summed E-state index contributed by atoms with van der Waals surface area (Å²) in [6.45, 7) is 22.2. The Morgan fingerprint density at radius 1 is 0.529 bits per heavy atom. The van der Waals surface area contributed by atoms with E-state index in [1.165, 1.54) is 130 Å². The second kappa shape index (κ2) is 19.3. The van der Waals surface area contributed by atoms with Crippen LogP contribution in [0.3, 0.4) is 0 Å². The highest BCUT2D eigenvalue weighted by Crippen LogP contribution is 2.40. The lowest BCUT2D eigenvalue weighted by atomic mass is 9.89. The molecule has 34 heavy (non-hydrogen) atoms. The molecule has 0 heterocycles. The highest BCUT2D eigenvalue weighted by atomic mass is 28.1. The molecule has 2 heteroatoms. The third-order valence-electron chi connectivity index (χ3n) is 9.00. The van der Waals surface area contributed by atoms with Crippen LogP contribution in [0.5, 0.6) is 0 Å². The molecule has 2 unspecified atom stereocenters. The minimum Gasteiger partial charge on any atom is -0.316 e. The van der Waals surface area contributed by atoms with E-state index in [2.05, 4.69) is 62.3 Å². The first-order valence-corrected chi connectivity index (χ1v) is 16.9. The zero-order valence-electron chi connectivity index (χ0n) is 26.0. The standard InChI is InChI=1S/C32H70NSi/c1-10-11-12-13-14-15-16-17-18-19-20-21-22-23-24-25-26-32(9,34)27-31(8)33(28(2)3,29(4)5)30(6)7/h28-31H,10-27H2,1-9,34H3/q+1. The van der Waals surface area contributed by atoms with E-state index in [9.17, 15) is 0 Å². The Hall–Kier alpha value is 0.177. The molecule has 0 aromatic rings. The van der Waals surface area contributed by atoms with Gasteiger partial charge in [0.25, 0.3) is 0 Å². The molecule has 0 spiro atoms. The number of nitrogens with zero attached hydrogens (tertiary/aromatic N) is 1. The highest BCUT2D eigenvalue weighted by molar-refractivity contribution is 6.14. The minimum absolute atomic E-state index is 0.595. The van der Waals surface area contributed by atoms with Gasteiger partial charge in [0.1, 0.15) is 0 Å². The molecule has 0 fully saturated rings. The summed E-state index contributed by atoms with van der Waals surface area (Å²) < 4.78 is 1.27. The number of quaternary nitrogens is 1. The van der Waals surface area contributed by atoms with Gasteiger partial charge in [0, 0.05) is 16.7 Å². The smallest absolute Gasteiger partial charge is 0.0869 e. The summed E-state index contributed by atoms with van der Waals surface area (Å²) >= 11 is 0. The predicted octanol–water partition coefficient (Wildman–Crippen LogP) is 10.0. The van der Waals surface area contributed by atoms with Crippen LogP contribution in [0.25, 0.3) is 0 Å². The van der Waals surface area contributed by atoms with E-state index in [0.717, 1.165) is 6.04 Å². The topological polar surface area (TPSA) is 0 Å². The van der Waals surface area contributed by atoms with Crippen LogP contribution in [0.1, 0.15) is 178 Å². The maximum Gasteiger partial charge on any atom is 0.0869 e. The quantitative estimate of drug-likeness (QED) is 0.0749. The molecule has 0 aromatic heterocycles. The van der Waals surface area contributed by atoms with Gasteiger partial charge in [-0.2, -0.15) is 0 Å². The van der Waals surface area contributed by atoms with Gasteiger partial charge < -0.3 is 4.48 Å². The van der Waals surface area contributed by atoms with Crippen molar-refractivity contribution in [2.24, 2.45) is 0 Å². The van der Waals surface area contributed by atoms with Gasteiger partial charge in [0.2, 0.25) is 0 Å². The van der Waals surface area contributed by atoms with Crippen LogP contribution in [0.4, 0.5) is 0 Å². The molecular weight excluding hydrogens is 426 g/mol. The first kappa shape index (κ1) is 34.2. The van der Waals surface area contributed by atoms with Gasteiger partial charge in [-0.15, -0.1) is 0 Å². The van der Waals surface area contributed by atoms with Crippen molar-refractivity contribution in [1.82, 2.24) is 0 Å².